The van der Waals surface area contributed by atoms with Crippen molar-refractivity contribution in [3.63, 3.8) is 0 Å². The average Bonchev–Trinajstić information content (AvgIpc) is 3.67. The van der Waals surface area contributed by atoms with Crippen LogP contribution in [0, 0.1) is 12.8 Å². The Morgan fingerprint density at radius 1 is 1.06 bits per heavy atom. The largest absolute Gasteiger partial charge is 0.481 e. The lowest BCUT2D eigenvalue weighted by Crippen LogP contribution is -2.27. The third-order valence-electron chi connectivity index (χ3n) is 9.75. The molecule has 0 saturated carbocycles. The van der Waals surface area contributed by atoms with Crippen LogP contribution in [0.3, 0.4) is 0 Å². The summed E-state index contributed by atoms with van der Waals surface area (Å²) in [4.78, 5) is 43.4. The van der Waals surface area contributed by atoms with Gasteiger partial charge in [-0.3, -0.25) is 24.5 Å². The Hall–Kier alpha value is -4.64. The van der Waals surface area contributed by atoms with Gasteiger partial charge in [-0.15, -0.1) is 0 Å². The van der Waals surface area contributed by atoms with E-state index < -0.39 is 5.97 Å². The van der Waals surface area contributed by atoms with Gasteiger partial charge in [-0.25, -0.2) is 4.98 Å². The number of imidazole rings is 1. The quantitative estimate of drug-likeness (QED) is 0.216. The molecule has 1 atom stereocenters. The van der Waals surface area contributed by atoms with E-state index in [0.717, 1.165) is 81.9 Å². The van der Waals surface area contributed by atoms with E-state index in [1.807, 2.05) is 60.4 Å². The zero-order valence-electron chi connectivity index (χ0n) is 27.3. The highest BCUT2D eigenvalue weighted by atomic mass is 35.5. The van der Waals surface area contributed by atoms with E-state index in [1.54, 1.807) is 0 Å². The van der Waals surface area contributed by atoms with Crippen molar-refractivity contribution in [3.05, 3.63) is 106 Å². The third-order valence-corrected chi connectivity index (χ3v) is 10.2. The molecule has 5 heterocycles. The van der Waals surface area contributed by atoms with Gasteiger partial charge < -0.3 is 19.9 Å². The number of likely N-dealkylation sites (tertiary alicyclic amines) is 1. The lowest BCUT2D eigenvalue weighted by Gasteiger charge is -2.21. The van der Waals surface area contributed by atoms with Gasteiger partial charge in [0.1, 0.15) is 0 Å². The Balaban J connectivity index is 1.11. The molecule has 2 aromatic carbocycles. The highest BCUT2D eigenvalue weighted by Crippen LogP contribution is 2.37. The molecule has 48 heavy (non-hydrogen) atoms. The number of carbonyl (C=O) groups is 2. The molecule has 1 amide bonds. The van der Waals surface area contributed by atoms with Crippen LogP contribution in [-0.4, -0.2) is 73.0 Å². The van der Waals surface area contributed by atoms with Crippen molar-refractivity contribution >= 4 is 40.1 Å². The van der Waals surface area contributed by atoms with Gasteiger partial charge in [0.2, 0.25) is 0 Å². The van der Waals surface area contributed by atoms with Gasteiger partial charge in [0.25, 0.3) is 5.91 Å². The fraction of sp³-hybridized carbons (Fsp3) is 0.324. The number of halogens is 1. The Morgan fingerprint density at radius 2 is 1.88 bits per heavy atom. The van der Waals surface area contributed by atoms with Gasteiger partial charge in [-0.05, 0) is 67.4 Å². The maximum absolute atomic E-state index is 13.4. The number of hydrogen-bond acceptors (Lipinski definition) is 7. The van der Waals surface area contributed by atoms with Crippen LogP contribution < -0.4 is 5.32 Å². The van der Waals surface area contributed by atoms with Crippen molar-refractivity contribution in [2.75, 3.05) is 32.0 Å². The third kappa shape index (κ3) is 6.19. The molecule has 0 radical (unpaired) electrons. The van der Waals surface area contributed by atoms with Crippen LogP contribution in [0.25, 0.3) is 22.0 Å². The van der Waals surface area contributed by atoms with Crippen molar-refractivity contribution in [2.24, 2.45) is 13.0 Å². The normalized spacial score (nSPS) is 16.7. The molecule has 0 bridgehead atoms. The minimum Gasteiger partial charge on any atom is -0.481 e. The molecule has 0 spiro atoms. The van der Waals surface area contributed by atoms with E-state index in [9.17, 15) is 14.7 Å². The molecule has 7 rings (SSSR count). The summed E-state index contributed by atoms with van der Waals surface area (Å²) in [5.74, 6) is -0.940. The van der Waals surface area contributed by atoms with Crippen LogP contribution in [0.15, 0.2) is 60.9 Å². The SMILES string of the molecule is Cc1c(Cc2nccc3cc(CN4CC[C@@H](C(=O)O)C4)cnc23)cccc1-c1cccc(NC(=O)c2nc3c(n2C)CCN(C)C3)c1Cl. The molecule has 1 fully saturated rings. The van der Waals surface area contributed by atoms with Crippen molar-refractivity contribution in [1.82, 2.24) is 29.3 Å². The van der Waals surface area contributed by atoms with Crippen LogP contribution in [0.5, 0.6) is 0 Å². The monoisotopic (exact) mass is 663 g/mol. The zero-order chi connectivity index (χ0) is 33.5. The summed E-state index contributed by atoms with van der Waals surface area (Å²) < 4.78 is 1.89. The molecule has 1 saturated heterocycles. The summed E-state index contributed by atoms with van der Waals surface area (Å²) in [6.45, 7) is 5.75. The number of fused-ring (bicyclic) bond motifs is 2. The number of likely N-dealkylation sites (N-methyl/N-ethyl adjacent to an activating group) is 1. The summed E-state index contributed by atoms with van der Waals surface area (Å²) in [6.07, 6.45) is 5.82. The molecule has 11 heteroatoms. The first kappa shape index (κ1) is 31.9. The summed E-state index contributed by atoms with van der Waals surface area (Å²) in [7, 11) is 3.95. The number of rotatable bonds is 8. The number of benzene rings is 2. The number of anilines is 1. The first-order valence-corrected chi connectivity index (χ1v) is 16.6. The van der Waals surface area contributed by atoms with E-state index in [2.05, 4.69) is 46.2 Å². The molecule has 5 aromatic rings. The number of nitrogens with zero attached hydrogens (tertiary/aromatic N) is 6. The second-order valence-corrected chi connectivity index (χ2v) is 13.4. The first-order valence-electron chi connectivity index (χ1n) is 16.3. The lowest BCUT2D eigenvalue weighted by atomic mass is 9.93. The fourth-order valence-electron chi connectivity index (χ4n) is 7.04. The van der Waals surface area contributed by atoms with Gasteiger partial charge in [-0.1, -0.05) is 41.9 Å². The van der Waals surface area contributed by atoms with Gasteiger partial charge >= 0.3 is 5.97 Å². The predicted molar refractivity (Wildman–Crippen MR) is 186 cm³/mol. The van der Waals surface area contributed by atoms with E-state index >= 15 is 0 Å². The van der Waals surface area contributed by atoms with E-state index in [4.69, 9.17) is 21.6 Å². The zero-order valence-corrected chi connectivity index (χ0v) is 28.1. The molecular weight excluding hydrogens is 626 g/mol. The second kappa shape index (κ2) is 13.1. The molecule has 2 N–H and O–H groups in total. The minimum atomic E-state index is -0.724. The average molecular weight is 664 g/mol. The number of hydrogen-bond donors (Lipinski definition) is 2. The summed E-state index contributed by atoms with van der Waals surface area (Å²) in [6, 6.07) is 15.9. The Morgan fingerprint density at radius 3 is 2.69 bits per heavy atom. The molecule has 2 aliphatic heterocycles. The number of carboxylic acids is 1. The number of carboxylic acid groups (broad SMARTS) is 1. The topological polar surface area (TPSA) is 116 Å². The molecule has 0 aliphatic carbocycles. The van der Waals surface area contributed by atoms with Crippen LogP contribution in [0.1, 0.15) is 50.8 Å². The van der Waals surface area contributed by atoms with E-state index in [-0.39, 0.29) is 11.8 Å². The lowest BCUT2D eigenvalue weighted by molar-refractivity contribution is -0.141. The van der Waals surface area contributed by atoms with Crippen LogP contribution in [0.2, 0.25) is 5.02 Å². The predicted octanol–water partition coefficient (Wildman–Crippen LogP) is 5.73. The van der Waals surface area contributed by atoms with Crippen molar-refractivity contribution in [1.29, 1.82) is 0 Å². The maximum Gasteiger partial charge on any atom is 0.307 e. The highest BCUT2D eigenvalue weighted by molar-refractivity contribution is 6.36. The van der Waals surface area contributed by atoms with Gasteiger partial charge in [0.05, 0.1) is 33.5 Å². The molecule has 10 nitrogen and oxygen atoms in total. The molecular formula is C37H38ClN7O3. The number of carbonyl (C=O) groups excluding carboxylic acids is 1. The molecule has 246 valence electrons. The Labute approximate surface area is 284 Å². The van der Waals surface area contributed by atoms with Crippen molar-refractivity contribution in [2.45, 2.75) is 39.3 Å². The summed E-state index contributed by atoms with van der Waals surface area (Å²) in [5, 5.41) is 13.8. The van der Waals surface area contributed by atoms with Gasteiger partial charge in [0.15, 0.2) is 5.82 Å². The number of aliphatic carboxylic acids is 1. The van der Waals surface area contributed by atoms with Crippen molar-refractivity contribution < 1.29 is 14.7 Å². The van der Waals surface area contributed by atoms with Crippen molar-refractivity contribution in [3.8, 4) is 11.1 Å². The van der Waals surface area contributed by atoms with Gasteiger partial charge in [0, 0.05) is 75.1 Å². The highest BCUT2D eigenvalue weighted by Gasteiger charge is 2.28. The Kier molecular flexibility index (Phi) is 8.72. The smallest absolute Gasteiger partial charge is 0.307 e. The molecule has 0 unspecified atom stereocenters. The number of nitrogens with one attached hydrogen (secondary N) is 1. The summed E-state index contributed by atoms with van der Waals surface area (Å²) >= 11 is 6.99. The van der Waals surface area contributed by atoms with Crippen LogP contribution in [-0.2, 0) is 37.8 Å². The standard InChI is InChI=1S/C37H38ClN7O3/c1-22-24(17-30-34-25(10-13-39-30)16-23(18-40-34)19-45-15-11-26(20-45)37(47)48)6-4-7-27(22)28-8-5-9-29(33(28)38)42-36(46)35-41-31-21-43(2)14-12-32(31)44(35)3/h4-10,13,16,18,26H,11-12,14-15,17,19-21H2,1-3H3,(H,42,46)(H,47,48)/t26-/m1/s1. The fourth-order valence-corrected chi connectivity index (χ4v) is 7.31. The van der Waals surface area contributed by atoms with E-state index in [0.29, 0.717) is 42.5 Å². The number of pyridine rings is 2. The number of amides is 1. The molecule has 3 aromatic heterocycles. The first-order chi connectivity index (χ1) is 23.2. The van der Waals surface area contributed by atoms with E-state index in [1.165, 1.54) is 0 Å². The minimum absolute atomic E-state index is 0.290. The number of aromatic nitrogens is 4. The van der Waals surface area contributed by atoms with Gasteiger partial charge in [-0.2, -0.15) is 0 Å². The van der Waals surface area contributed by atoms with Crippen LogP contribution >= 0.6 is 11.6 Å². The second-order valence-electron chi connectivity index (χ2n) is 13.0. The maximum atomic E-state index is 13.4. The Bertz CT molecular complexity index is 2060. The van der Waals surface area contributed by atoms with Crippen LogP contribution in [0.4, 0.5) is 5.69 Å². The molecule has 2 aliphatic rings. The summed E-state index contributed by atoms with van der Waals surface area (Å²) in [5.41, 5.74) is 9.33.